The van der Waals surface area contributed by atoms with E-state index in [0.717, 1.165) is 4.31 Å². The van der Waals surface area contributed by atoms with E-state index in [0.29, 0.717) is 11.5 Å². The number of hydrogen-bond acceptors (Lipinski definition) is 5. The van der Waals surface area contributed by atoms with Gasteiger partial charge in [-0.3, -0.25) is 9.10 Å². The van der Waals surface area contributed by atoms with Crippen LogP contribution in [0.3, 0.4) is 0 Å². The lowest BCUT2D eigenvalue weighted by atomic mass is 10.3. The van der Waals surface area contributed by atoms with E-state index in [1.54, 1.807) is 42.5 Å². The zero-order chi connectivity index (χ0) is 22.1. The molecular formula is C23H24N2O5S. The fourth-order valence-corrected chi connectivity index (χ4v) is 4.37. The summed E-state index contributed by atoms with van der Waals surface area (Å²) in [5, 5.41) is 2.70. The van der Waals surface area contributed by atoms with Gasteiger partial charge in [0.15, 0.2) is 0 Å². The van der Waals surface area contributed by atoms with Crippen molar-refractivity contribution in [3.63, 3.8) is 0 Å². The molecule has 0 aliphatic rings. The molecular weight excluding hydrogens is 416 g/mol. The molecule has 1 amide bonds. The van der Waals surface area contributed by atoms with Crippen LogP contribution in [0.1, 0.15) is 0 Å². The third-order valence-corrected chi connectivity index (χ3v) is 6.18. The van der Waals surface area contributed by atoms with Crippen molar-refractivity contribution < 1.29 is 22.7 Å². The topological polar surface area (TPSA) is 84.9 Å². The van der Waals surface area contributed by atoms with Gasteiger partial charge in [0, 0.05) is 0 Å². The van der Waals surface area contributed by atoms with E-state index in [4.69, 9.17) is 9.47 Å². The first kappa shape index (κ1) is 22.2. The molecule has 0 aromatic heterocycles. The fraction of sp³-hybridized carbons (Fsp3) is 0.174. The number of carbonyl (C=O) groups excluding carboxylic acids is 1. The first-order chi connectivity index (χ1) is 15.0. The lowest BCUT2D eigenvalue weighted by Crippen LogP contribution is -2.42. The van der Waals surface area contributed by atoms with Gasteiger partial charge in [0.25, 0.3) is 10.0 Å². The summed E-state index contributed by atoms with van der Waals surface area (Å²) in [5.74, 6) is 0.586. The number of sulfonamides is 1. The molecule has 0 saturated heterocycles. The summed E-state index contributed by atoms with van der Waals surface area (Å²) in [7, 11) is -2.54. The Morgan fingerprint density at radius 3 is 2.19 bits per heavy atom. The van der Waals surface area contributed by atoms with E-state index >= 15 is 0 Å². The molecule has 3 rings (SSSR count). The van der Waals surface area contributed by atoms with Crippen molar-refractivity contribution in [3.8, 4) is 11.5 Å². The largest absolute Gasteiger partial charge is 0.495 e. The maximum absolute atomic E-state index is 13.3. The van der Waals surface area contributed by atoms with Gasteiger partial charge in [-0.05, 0) is 36.4 Å². The third kappa shape index (κ3) is 5.76. The van der Waals surface area contributed by atoms with Gasteiger partial charge in [-0.25, -0.2) is 8.42 Å². The van der Waals surface area contributed by atoms with Gasteiger partial charge in [0.1, 0.15) is 24.7 Å². The molecule has 1 N–H and O–H groups in total. The van der Waals surface area contributed by atoms with Crippen LogP contribution >= 0.6 is 0 Å². The molecule has 0 aliphatic carbocycles. The Morgan fingerprint density at radius 1 is 0.903 bits per heavy atom. The van der Waals surface area contributed by atoms with Crippen LogP contribution in [0.4, 0.5) is 5.69 Å². The molecule has 3 aromatic carbocycles. The number of benzene rings is 3. The first-order valence-electron chi connectivity index (χ1n) is 9.67. The van der Waals surface area contributed by atoms with Gasteiger partial charge in [0.05, 0.1) is 24.2 Å². The summed E-state index contributed by atoms with van der Waals surface area (Å²) in [6.45, 7) is 0.0949. The number of hydrogen-bond donors (Lipinski definition) is 1. The summed E-state index contributed by atoms with van der Waals surface area (Å²) in [6.07, 6.45) is 0. The van der Waals surface area contributed by atoms with Gasteiger partial charge in [-0.15, -0.1) is 0 Å². The van der Waals surface area contributed by atoms with Crippen LogP contribution in [-0.4, -0.2) is 41.1 Å². The highest BCUT2D eigenvalue weighted by Gasteiger charge is 2.29. The number of nitrogens with zero attached hydrogens (tertiary/aromatic N) is 1. The highest BCUT2D eigenvalue weighted by Crippen LogP contribution is 2.31. The lowest BCUT2D eigenvalue weighted by molar-refractivity contribution is -0.119. The minimum atomic E-state index is -3.99. The van der Waals surface area contributed by atoms with Gasteiger partial charge in [0.2, 0.25) is 5.91 Å². The van der Waals surface area contributed by atoms with E-state index in [1.807, 2.05) is 30.3 Å². The number of nitrogens with one attached hydrogen (secondary N) is 1. The van der Waals surface area contributed by atoms with Crippen molar-refractivity contribution in [3.05, 3.63) is 84.9 Å². The Balaban J connectivity index is 1.75. The van der Waals surface area contributed by atoms with E-state index in [9.17, 15) is 13.2 Å². The molecule has 7 nitrogen and oxygen atoms in total. The number of ether oxygens (including phenoxy) is 2. The number of rotatable bonds is 10. The summed E-state index contributed by atoms with van der Waals surface area (Å²) < 4.78 is 38.6. The number of anilines is 1. The molecule has 0 bridgehead atoms. The van der Waals surface area contributed by atoms with Crippen molar-refractivity contribution >= 4 is 21.6 Å². The van der Waals surface area contributed by atoms with Gasteiger partial charge < -0.3 is 14.8 Å². The van der Waals surface area contributed by atoms with Crippen LogP contribution < -0.4 is 19.1 Å². The van der Waals surface area contributed by atoms with Crippen LogP contribution in [0.5, 0.6) is 11.5 Å². The van der Waals surface area contributed by atoms with Crippen molar-refractivity contribution in [1.29, 1.82) is 0 Å². The van der Waals surface area contributed by atoms with Crippen molar-refractivity contribution in [2.75, 3.05) is 31.1 Å². The number of carbonyl (C=O) groups is 1. The summed E-state index contributed by atoms with van der Waals surface area (Å²) in [4.78, 5) is 12.7. The second kappa shape index (κ2) is 10.5. The Bertz CT molecular complexity index is 1090. The molecule has 162 valence electrons. The molecule has 0 unspecified atom stereocenters. The number of para-hydroxylation sites is 3. The molecule has 0 saturated carbocycles. The molecule has 3 aromatic rings. The average molecular weight is 441 g/mol. The monoisotopic (exact) mass is 440 g/mol. The van der Waals surface area contributed by atoms with Crippen molar-refractivity contribution in [2.24, 2.45) is 0 Å². The summed E-state index contributed by atoms with van der Waals surface area (Å²) in [5.41, 5.74) is 0.282. The van der Waals surface area contributed by atoms with E-state index in [1.165, 1.54) is 19.2 Å². The maximum Gasteiger partial charge on any atom is 0.264 e. The Labute approximate surface area is 182 Å². The minimum absolute atomic E-state index is 0.0844. The molecule has 0 aliphatic heterocycles. The standard InChI is InChI=1S/C23H24N2O5S/c1-29-22-15-9-8-14-21(22)25(31(27,28)20-12-6-3-7-13-20)18-23(26)24-16-17-30-19-10-4-2-5-11-19/h2-15H,16-18H2,1H3,(H,24,26). The molecule has 0 fully saturated rings. The SMILES string of the molecule is COc1ccccc1N(CC(=O)NCCOc1ccccc1)S(=O)(=O)c1ccccc1. The van der Waals surface area contributed by atoms with Crippen LogP contribution in [-0.2, 0) is 14.8 Å². The second-order valence-electron chi connectivity index (χ2n) is 6.51. The van der Waals surface area contributed by atoms with Crippen LogP contribution in [0.25, 0.3) is 0 Å². The molecule has 8 heteroatoms. The zero-order valence-electron chi connectivity index (χ0n) is 17.1. The van der Waals surface area contributed by atoms with Gasteiger partial charge in [-0.1, -0.05) is 48.5 Å². The molecule has 0 radical (unpaired) electrons. The molecule has 0 spiro atoms. The quantitative estimate of drug-likeness (QED) is 0.490. The predicted octanol–water partition coefficient (Wildman–Crippen LogP) is 3.09. The minimum Gasteiger partial charge on any atom is -0.495 e. The van der Waals surface area contributed by atoms with E-state index in [-0.39, 0.29) is 23.7 Å². The summed E-state index contributed by atoms with van der Waals surface area (Å²) >= 11 is 0. The third-order valence-electron chi connectivity index (χ3n) is 4.41. The Hall–Kier alpha value is -3.52. The highest BCUT2D eigenvalue weighted by molar-refractivity contribution is 7.92. The van der Waals surface area contributed by atoms with Crippen molar-refractivity contribution in [2.45, 2.75) is 4.90 Å². The highest BCUT2D eigenvalue weighted by atomic mass is 32.2. The Kier molecular flexibility index (Phi) is 7.50. The first-order valence-corrected chi connectivity index (χ1v) is 11.1. The van der Waals surface area contributed by atoms with Gasteiger partial charge in [-0.2, -0.15) is 0 Å². The average Bonchev–Trinajstić information content (AvgIpc) is 2.81. The molecule has 0 atom stereocenters. The molecule has 0 heterocycles. The predicted molar refractivity (Wildman–Crippen MR) is 119 cm³/mol. The molecule has 31 heavy (non-hydrogen) atoms. The Morgan fingerprint density at radius 2 is 1.52 bits per heavy atom. The van der Waals surface area contributed by atoms with Crippen molar-refractivity contribution in [1.82, 2.24) is 5.32 Å². The smallest absolute Gasteiger partial charge is 0.264 e. The summed E-state index contributed by atoms with van der Waals surface area (Å²) in [6, 6.07) is 23.9. The normalized spacial score (nSPS) is 10.9. The maximum atomic E-state index is 13.3. The second-order valence-corrected chi connectivity index (χ2v) is 8.37. The van der Waals surface area contributed by atoms with Crippen LogP contribution in [0, 0.1) is 0 Å². The van der Waals surface area contributed by atoms with Crippen LogP contribution in [0.2, 0.25) is 0 Å². The number of methoxy groups -OCH3 is 1. The zero-order valence-corrected chi connectivity index (χ0v) is 17.9. The van der Waals surface area contributed by atoms with Gasteiger partial charge >= 0.3 is 0 Å². The van der Waals surface area contributed by atoms with E-state index in [2.05, 4.69) is 5.32 Å². The number of amides is 1. The fourth-order valence-electron chi connectivity index (χ4n) is 2.92. The van der Waals surface area contributed by atoms with E-state index < -0.39 is 22.5 Å². The lowest BCUT2D eigenvalue weighted by Gasteiger charge is -2.25. The van der Waals surface area contributed by atoms with Crippen LogP contribution in [0.15, 0.2) is 89.8 Å².